The van der Waals surface area contributed by atoms with Crippen LogP contribution in [0.4, 0.5) is 0 Å². The third-order valence-corrected chi connectivity index (χ3v) is 6.39. The van der Waals surface area contributed by atoms with Crippen LogP contribution in [0.2, 0.25) is 0 Å². The van der Waals surface area contributed by atoms with Gasteiger partial charge >= 0.3 is 0 Å². The van der Waals surface area contributed by atoms with E-state index in [2.05, 4.69) is 17.3 Å². The third kappa shape index (κ3) is 2.01. The second-order valence-electron chi connectivity index (χ2n) is 7.50. The Morgan fingerprint density at radius 2 is 1.69 bits per heavy atom. The molecule has 4 aliphatic carbocycles. The van der Waals surface area contributed by atoms with Gasteiger partial charge in [-0.15, -0.1) is 0 Å². The molecule has 0 N–H and O–H groups in total. The molecule has 1 saturated heterocycles. The van der Waals surface area contributed by atoms with Crippen LogP contribution in [-0.2, 0) is 9.59 Å². The molecular weight excluding hydrogens is 332 g/mol. The number of imide groups is 1. The Kier molecular flexibility index (Phi) is 3.26. The first-order valence-corrected chi connectivity index (χ1v) is 8.96. The number of carbonyl (C=O) groups is 2. The van der Waals surface area contributed by atoms with Gasteiger partial charge in [0.05, 0.1) is 32.3 Å². The Bertz CT molecular complexity index is 825. The summed E-state index contributed by atoms with van der Waals surface area (Å²) in [4.78, 5) is 25.8. The van der Waals surface area contributed by atoms with Gasteiger partial charge in [-0.3, -0.25) is 9.59 Å². The average molecular weight is 352 g/mol. The van der Waals surface area contributed by atoms with Crippen molar-refractivity contribution in [3.8, 4) is 11.5 Å². The van der Waals surface area contributed by atoms with E-state index in [0.717, 1.165) is 11.4 Å². The van der Waals surface area contributed by atoms with Gasteiger partial charge in [-0.2, -0.15) is 10.1 Å². The number of hydrazone groups is 1. The van der Waals surface area contributed by atoms with E-state index in [1.807, 2.05) is 0 Å². The second-order valence-corrected chi connectivity index (χ2v) is 7.50. The molecule has 0 aromatic heterocycles. The fourth-order valence-electron chi connectivity index (χ4n) is 5.12. The molecule has 2 bridgehead atoms. The summed E-state index contributed by atoms with van der Waals surface area (Å²) in [5.74, 6) is 2.06. The molecule has 3 fully saturated rings. The predicted octanol–water partition coefficient (Wildman–Crippen LogP) is 2.09. The van der Waals surface area contributed by atoms with Crippen LogP contribution < -0.4 is 9.47 Å². The number of ether oxygens (including phenoxy) is 2. The van der Waals surface area contributed by atoms with Gasteiger partial charge in [0.15, 0.2) is 0 Å². The van der Waals surface area contributed by atoms with E-state index in [-0.39, 0.29) is 35.5 Å². The summed E-state index contributed by atoms with van der Waals surface area (Å²) in [6.07, 6.45) is 6.97. The van der Waals surface area contributed by atoms with Crippen molar-refractivity contribution in [3.63, 3.8) is 0 Å². The molecule has 134 valence electrons. The van der Waals surface area contributed by atoms with E-state index < -0.39 is 0 Å². The van der Waals surface area contributed by atoms with Crippen molar-refractivity contribution in [1.82, 2.24) is 5.01 Å². The van der Waals surface area contributed by atoms with Gasteiger partial charge in [0.25, 0.3) is 11.8 Å². The molecule has 0 radical (unpaired) electrons. The molecule has 6 rings (SSSR count). The summed E-state index contributed by atoms with van der Waals surface area (Å²) >= 11 is 0. The maximum atomic E-state index is 12.9. The molecule has 1 heterocycles. The quantitative estimate of drug-likeness (QED) is 0.473. The highest BCUT2D eigenvalue weighted by molar-refractivity contribution is 6.06. The van der Waals surface area contributed by atoms with Crippen LogP contribution in [0.1, 0.15) is 12.0 Å². The van der Waals surface area contributed by atoms with Crippen molar-refractivity contribution in [2.45, 2.75) is 6.42 Å². The van der Waals surface area contributed by atoms with Crippen LogP contribution in [-0.4, -0.2) is 37.3 Å². The number of rotatable bonds is 4. The zero-order valence-corrected chi connectivity index (χ0v) is 14.7. The highest BCUT2D eigenvalue weighted by Gasteiger charge is 2.67. The number of benzene rings is 1. The van der Waals surface area contributed by atoms with Gasteiger partial charge in [-0.05, 0) is 48.3 Å². The van der Waals surface area contributed by atoms with Crippen LogP contribution in [0.5, 0.6) is 11.5 Å². The standard InChI is InChI=1S/C20H20N2O4/c1-25-11-3-6-16(26-2)10(7-11)9-21-22-19(23)17-12-4-5-13(15-8-14(12)15)18(17)20(22)24/h3-7,9,12-15,17-18H,8H2,1-2H3/b21-9-/t12-,13-,14-,15+,17-,18+/m0/s1. The normalized spacial score (nSPS) is 36.5. The summed E-state index contributed by atoms with van der Waals surface area (Å²) in [6.45, 7) is 0. The smallest absolute Gasteiger partial charge is 0.254 e. The van der Waals surface area contributed by atoms with E-state index >= 15 is 0 Å². The molecule has 6 heteroatoms. The van der Waals surface area contributed by atoms with E-state index in [4.69, 9.17) is 9.47 Å². The first kappa shape index (κ1) is 15.6. The van der Waals surface area contributed by atoms with E-state index in [0.29, 0.717) is 28.9 Å². The summed E-state index contributed by atoms with van der Waals surface area (Å²) in [5.41, 5.74) is 0.659. The Morgan fingerprint density at radius 1 is 1.04 bits per heavy atom. The number of allylic oxidation sites excluding steroid dienone is 2. The first-order valence-electron chi connectivity index (χ1n) is 8.96. The minimum Gasteiger partial charge on any atom is -0.497 e. The highest BCUT2D eigenvalue weighted by Crippen LogP contribution is 2.65. The number of amides is 2. The zero-order chi connectivity index (χ0) is 18.0. The summed E-state index contributed by atoms with van der Waals surface area (Å²) < 4.78 is 10.6. The molecule has 0 spiro atoms. The Labute approximate surface area is 151 Å². The Hall–Kier alpha value is -2.63. The number of nitrogens with zero attached hydrogens (tertiary/aromatic N) is 2. The molecule has 6 nitrogen and oxygen atoms in total. The van der Waals surface area contributed by atoms with Gasteiger partial charge in [0.2, 0.25) is 0 Å². The molecule has 2 amide bonds. The molecule has 1 aromatic carbocycles. The summed E-state index contributed by atoms with van der Waals surface area (Å²) in [5, 5.41) is 5.32. The SMILES string of the molecule is COc1ccc(OC)c(/C=N\N2C(=O)[C@@H]3[C@H]4C=C[C@@H]([C@@H]5C[C@H]45)[C@@H]3C2=O)c1. The fraction of sp³-hybridized carbons (Fsp3) is 0.450. The molecule has 2 saturated carbocycles. The maximum Gasteiger partial charge on any atom is 0.254 e. The number of carbonyl (C=O) groups excluding carboxylic acids is 2. The third-order valence-electron chi connectivity index (χ3n) is 6.39. The molecule has 6 atom stereocenters. The van der Waals surface area contributed by atoms with E-state index in [9.17, 15) is 9.59 Å². The van der Waals surface area contributed by atoms with Crippen molar-refractivity contribution in [2.75, 3.05) is 14.2 Å². The lowest BCUT2D eigenvalue weighted by Gasteiger charge is -2.37. The van der Waals surface area contributed by atoms with Crippen LogP contribution in [0.15, 0.2) is 35.5 Å². The van der Waals surface area contributed by atoms with Crippen molar-refractivity contribution in [2.24, 2.45) is 40.6 Å². The minimum absolute atomic E-state index is 0.164. The average Bonchev–Trinajstić information content (AvgIpc) is 3.45. The molecular formula is C20H20N2O4. The minimum atomic E-state index is -0.231. The van der Waals surface area contributed by atoms with Gasteiger partial charge < -0.3 is 9.47 Å². The summed E-state index contributed by atoms with van der Waals surface area (Å²) in [7, 11) is 3.14. The first-order chi connectivity index (χ1) is 12.6. The largest absolute Gasteiger partial charge is 0.497 e. The zero-order valence-electron chi connectivity index (χ0n) is 14.7. The lowest BCUT2D eigenvalue weighted by molar-refractivity contribution is -0.140. The van der Waals surface area contributed by atoms with E-state index in [1.54, 1.807) is 32.4 Å². The molecule has 1 aromatic rings. The van der Waals surface area contributed by atoms with Crippen molar-refractivity contribution < 1.29 is 19.1 Å². The van der Waals surface area contributed by atoms with E-state index in [1.165, 1.54) is 6.21 Å². The molecule has 1 aliphatic heterocycles. The predicted molar refractivity (Wildman–Crippen MR) is 93.7 cm³/mol. The van der Waals surface area contributed by atoms with Crippen molar-refractivity contribution in [1.29, 1.82) is 0 Å². The topological polar surface area (TPSA) is 68.2 Å². The summed E-state index contributed by atoms with van der Waals surface area (Å²) in [6, 6.07) is 5.32. The second kappa shape index (κ2) is 5.43. The number of hydrogen-bond acceptors (Lipinski definition) is 5. The molecule has 26 heavy (non-hydrogen) atoms. The van der Waals surface area contributed by atoms with Gasteiger partial charge in [0, 0.05) is 5.56 Å². The van der Waals surface area contributed by atoms with Crippen LogP contribution in [0.3, 0.4) is 0 Å². The van der Waals surface area contributed by atoms with Crippen molar-refractivity contribution in [3.05, 3.63) is 35.9 Å². The Balaban J connectivity index is 1.45. The molecule has 0 unspecified atom stereocenters. The lowest BCUT2D eigenvalue weighted by atomic mass is 9.63. The maximum absolute atomic E-state index is 12.9. The van der Waals surface area contributed by atoms with Crippen LogP contribution in [0.25, 0.3) is 0 Å². The van der Waals surface area contributed by atoms with Gasteiger partial charge in [-0.25, -0.2) is 0 Å². The lowest BCUT2D eigenvalue weighted by Crippen LogP contribution is -2.40. The Morgan fingerprint density at radius 3 is 2.27 bits per heavy atom. The number of hydrogen-bond donors (Lipinski definition) is 0. The monoisotopic (exact) mass is 352 g/mol. The van der Waals surface area contributed by atoms with Gasteiger partial charge in [0.1, 0.15) is 11.5 Å². The highest BCUT2D eigenvalue weighted by atomic mass is 16.5. The van der Waals surface area contributed by atoms with Crippen LogP contribution >= 0.6 is 0 Å². The van der Waals surface area contributed by atoms with Crippen molar-refractivity contribution >= 4 is 18.0 Å². The molecule has 5 aliphatic rings. The number of methoxy groups -OCH3 is 2. The fourth-order valence-corrected chi connectivity index (χ4v) is 5.12. The van der Waals surface area contributed by atoms with Crippen LogP contribution in [0, 0.1) is 35.5 Å². The van der Waals surface area contributed by atoms with Gasteiger partial charge in [-0.1, -0.05) is 12.2 Å².